The minimum absolute atomic E-state index is 0.0628. The number of amides is 6. The van der Waals surface area contributed by atoms with Gasteiger partial charge in [-0.15, -0.1) is 0 Å². The Labute approximate surface area is 260 Å². The summed E-state index contributed by atoms with van der Waals surface area (Å²) in [5.41, 5.74) is 5.70. The fourth-order valence-electron chi connectivity index (χ4n) is 4.26. The number of carbonyl (C=O) groups is 6. The van der Waals surface area contributed by atoms with Gasteiger partial charge in [0.1, 0.15) is 18.8 Å². The number of nitrogens with one attached hydrogen (secondary N) is 6. The lowest BCUT2D eigenvalue weighted by Crippen LogP contribution is -2.45. The van der Waals surface area contributed by atoms with Gasteiger partial charge < -0.3 is 36.1 Å². The molecule has 0 radical (unpaired) electrons. The molecule has 2 aromatic rings. The zero-order valence-corrected chi connectivity index (χ0v) is 25.3. The van der Waals surface area contributed by atoms with E-state index in [4.69, 9.17) is 14.3 Å². The third kappa shape index (κ3) is 11.8. The lowest BCUT2D eigenvalue weighted by atomic mass is 9.98. The molecule has 242 valence electrons. The van der Waals surface area contributed by atoms with Crippen molar-refractivity contribution in [2.75, 3.05) is 45.9 Å². The second kappa shape index (κ2) is 16.6. The average molecular weight is 627 g/mol. The first kappa shape index (κ1) is 34.3. The number of benzene rings is 2. The molecule has 0 heterocycles. The summed E-state index contributed by atoms with van der Waals surface area (Å²) >= 11 is 0. The molecule has 0 saturated carbocycles. The van der Waals surface area contributed by atoms with Crippen molar-refractivity contribution in [1.82, 2.24) is 32.1 Å². The molecular formula is C30H38N6O9. The third-order valence-electron chi connectivity index (χ3n) is 6.16. The molecule has 1 aliphatic rings. The summed E-state index contributed by atoms with van der Waals surface area (Å²) < 4.78 is 10.3. The number of rotatable bonds is 14. The van der Waals surface area contributed by atoms with E-state index >= 15 is 0 Å². The van der Waals surface area contributed by atoms with Crippen LogP contribution in [0.1, 0.15) is 37.8 Å². The number of alkyl carbamates (subject to hydrolysis) is 1. The van der Waals surface area contributed by atoms with E-state index in [2.05, 4.69) is 32.1 Å². The van der Waals surface area contributed by atoms with Crippen molar-refractivity contribution in [3.05, 3.63) is 59.7 Å². The Kier molecular flexibility index (Phi) is 12.7. The summed E-state index contributed by atoms with van der Waals surface area (Å²) in [5.74, 6) is -2.42. The first-order valence-electron chi connectivity index (χ1n) is 14.2. The fraction of sp³-hybridized carbons (Fsp3) is 0.400. The van der Waals surface area contributed by atoms with Gasteiger partial charge in [0.05, 0.1) is 13.1 Å². The second-order valence-electron chi connectivity index (χ2n) is 10.8. The van der Waals surface area contributed by atoms with E-state index in [1.54, 1.807) is 20.8 Å². The summed E-state index contributed by atoms with van der Waals surface area (Å²) in [6.45, 7) is 3.63. The molecular weight excluding hydrogens is 588 g/mol. The number of hydroxylamine groups is 1. The van der Waals surface area contributed by atoms with Gasteiger partial charge in [0.25, 0.3) is 0 Å². The highest BCUT2D eigenvalue weighted by atomic mass is 16.7. The molecule has 0 atom stereocenters. The summed E-state index contributed by atoms with van der Waals surface area (Å²) in [5, 5.41) is 11.9. The Bertz CT molecular complexity index is 1350. The molecule has 6 amide bonds. The molecule has 0 unspecified atom stereocenters. The zero-order valence-electron chi connectivity index (χ0n) is 25.3. The molecule has 6 N–H and O–H groups in total. The van der Waals surface area contributed by atoms with Gasteiger partial charge in [-0.3, -0.25) is 24.0 Å². The monoisotopic (exact) mass is 626 g/mol. The zero-order chi connectivity index (χ0) is 32.8. The minimum atomic E-state index is -0.837. The molecule has 0 saturated heterocycles. The lowest BCUT2D eigenvalue weighted by molar-refractivity contribution is -0.128. The van der Waals surface area contributed by atoms with Crippen LogP contribution in [0.15, 0.2) is 48.5 Å². The fourth-order valence-corrected chi connectivity index (χ4v) is 4.26. The average Bonchev–Trinajstić information content (AvgIpc) is 3.31. The van der Waals surface area contributed by atoms with Gasteiger partial charge in [-0.2, -0.15) is 5.48 Å². The predicted molar refractivity (Wildman–Crippen MR) is 160 cm³/mol. The van der Waals surface area contributed by atoms with Crippen molar-refractivity contribution < 1.29 is 43.1 Å². The molecule has 1 aliphatic carbocycles. The van der Waals surface area contributed by atoms with Crippen molar-refractivity contribution in [1.29, 1.82) is 0 Å². The molecule has 0 aliphatic heterocycles. The van der Waals surface area contributed by atoms with E-state index in [-0.39, 0.29) is 38.7 Å². The molecule has 15 heteroatoms. The quantitative estimate of drug-likeness (QED) is 0.127. The van der Waals surface area contributed by atoms with Crippen LogP contribution in [0.4, 0.5) is 9.59 Å². The van der Waals surface area contributed by atoms with Gasteiger partial charge in [0, 0.05) is 19.0 Å². The minimum Gasteiger partial charge on any atom is -0.447 e. The highest BCUT2D eigenvalue weighted by Crippen LogP contribution is 2.44. The Hall–Kier alpha value is -5.18. The molecule has 45 heavy (non-hydrogen) atoms. The maximum Gasteiger partial charge on any atom is 0.431 e. The van der Waals surface area contributed by atoms with Crippen LogP contribution in [0.25, 0.3) is 11.1 Å². The van der Waals surface area contributed by atoms with Gasteiger partial charge in [0.2, 0.25) is 23.6 Å². The summed E-state index contributed by atoms with van der Waals surface area (Å²) in [6, 6.07) is 15.9. The molecule has 15 nitrogen and oxygen atoms in total. The maximum atomic E-state index is 12.1. The van der Waals surface area contributed by atoms with Crippen LogP contribution in [0, 0.1) is 0 Å². The number of fused-ring (bicyclic) bond motifs is 3. The molecule has 0 aromatic heterocycles. The van der Waals surface area contributed by atoms with Crippen LogP contribution in [0.5, 0.6) is 0 Å². The normalized spacial score (nSPS) is 11.7. The van der Waals surface area contributed by atoms with Crippen LogP contribution in [-0.4, -0.2) is 87.4 Å². The van der Waals surface area contributed by atoms with E-state index in [1.807, 2.05) is 48.5 Å². The molecule has 0 fully saturated rings. The van der Waals surface area contributed by atoms with Crippen LogP contribution < -0.4 is 32.1 Å². The highest BCUT2D eigenvalue weighted by Gasteiger charge is 2.29. The predicted octanol–water partition coefficient (Wildman–Crippen LogP) is 0.446. The van der Waals surface area contributed by atoms with Crippen LogP contribution in [0.2, 0.25) is 0 Å². The van der Waals surface area contributed by atoms with Gasteiger partial charge in [-0.05, 0) is 43.0 Å². The number of carbonyl (C=O) groups excluding carboxylic acids is 6. The van der Waals surface area contributed by atoms with E-state index in [1.165, 1.54) is 0 Å². The Morgan fingerprint density at radius 3 is 1.69 bits per heavy atom. The standard InChI is InChI=1S/C30H38N6O9/c1-30(2,3)45-28(41)35-16-26(39)34-15-25(38)33-14-24(37)31-12-13-32-27(40)18-44-36-29(42)43-17-23-21-10-6-4-8-19(21)20-9-5-7-11-22(20)23/h4-11,23H,12-18H2,1-3H3,(H,31,37)(H,32,40)(H,33,38)(H,34,39)(H,35,41)(H,36,42). The van der Waals surface area contributed by atoms with Crippen molar-refractivity contribution in [3.8, 4) is 11.1 Å². The largest absolute Gasteiger partial charge is 0.447 e. The highest BCUT2D eigenvalue weighted by molar-refractivity contribution is 5.89. The first-order chi connectivity index (χ1) is 21.4. The lowest BCUT2D eigenvalue weighted by Gasteiger charge is -2.19. The van der Waals surface area contributed by atoms with E-state index in [0.29, 0.717) is 0 Å². The second-order valence-corrected chi connectivity index (χ2v) is 10.8. The Balaban J connectivity index is 1.20. The maximum absolute atomic E-state index is 12.1. The summed E-state index contributed by atoms with van der Waals surface area (Å²) in [6.07, 6.45) is -1.61. The molecule has 0 bridgehead atoms. The van der Waals surface area contributed by atoms with Crippen molar-refractivity contribution >= 4 is 35.8 Å². The smallest absolute Gasteiger partial charge is 0.431 e. The van der Waals surface area contributed by atoms with Gasteiger partial charge in [-0.25, -0.2) is 9.59 Å². The van der Waals surface area contributed by atoms with Crippen LogP contribution >= 0.6 is 0 Å². The Morgan fingerprint density at radius 2 is 1.13 bits per heavy atom. The van der Waals surface area contributed by atoms with Crippen molar-refractivity contribution in [2.24, 2.45) is 0 Å². The van der Waals surface area contributed by atoms with Crippen molar-refractivity contribution in [3.63, 3.8) is 0 Å². The number of hydrogen-bond acceptors (Lipinski definition) is 9. The van der Waals surface area contributed by atoms with Gasteiger partial charge >= 0.3 is 12.2 Å². The third-order valence-corrected chi connectivity index (χ3v) is 6.16. The topological polar surface area (TPSA) is 202 Å². The number of ether oxygens (including phenoxy) is 2. The molecule has 3 rings (SSSR count). The summed E-state index contributed by atoms with van der Waals surface area (Å²) in [4.78, 5) is 75.9. The van der Waals surface area contributed by atoms with Gasteiger partial charge in [-0.1, -0.05) is 48.5 Å². The SMILES string of the molecule is CC(C)(C)OC(=O)NCC(=O)NCC(=O)NCC(=O)NCCNC(=O)CONC(=O)OCC1c2ccccc2-c2ccccc21. The van der Waals surface area contributed by atoms with Gasteiger partial charge in [0.15, 0.2) is 6.61 Å². The van der Waals surface area contributed by atoms with Crippen molar-refractivity contribution in [2.45, 2.75) is 32.3 Å². The van der Waals surface area contributed by atoms with E-state index < -0.39 is 54.6 Å². The van der Waals surface area contributed by atoms with Crippen LogP contribution in [0.3, 0.4) is 0 Å². The molecule has 2 aromatic carbocycles. The number of hydrogen-bond donors (Lipinski definition) is 6. The Morgan fingerprint density at radius 1 is 0.644 bits per heavy atom. The van der Waals surface area contributed by atoms with E-state index in [0.717, 1.165) is 22.3 Å². The van der Waals surface area contributed by atoms with E-state index in [9.17, 15) is 28.8 Å². The van der Waals surface area contributed by atoms with Crippen LogP contribution in [-0.2, 0) is 33.5 Å². The molecule has 0 spiro atoms. The first-order valence-corrected chi connectivity index (χ1v) is 14.2. The summed E-state index contributed by atoms with van der Waals surface area (Å²) in [7, 11) is 0.